The molecule has 2 aromatic rings. The number of pyridine rings is 1. The number of fused-ring (bicyclic) bond motifs is 2. The van der Waals surface area contributed by atoms with E-state index in [2.05, 4.69) is 10.3 Å². The summed E-state index contributed by atoms with van der Waals surface area (Å²) in [5.74, 6) is 1.28. The second-order valence-electron chi connectivity index (χ2n) is 7.19. The Bertz CT molecular complexity index is 879. The number of hydrogen-bond donors (Lipinski definition) is 2. The quantitative estimate of drug-likeness (QED) is 0.859. The first-order valence-electron chi connectivity index (χ1n) is 8.98. The molecule has 0 spiro atoms. The normalized spacial score (nSPS) is 23.8. The third kappa shape index (κ3) is 3.36. The Kier molecular flexibility index (Phi) is 4.49. The van der Waals surface area contributed by atoms with E-state index in [0.29, 0.717) is 34.4 Å². The van der Waals surface area contributed by atoms with Crippen LogP contribution in [0.4, 0.5) is 10.1 Å². The Labute approximate surface area is 150 Å². The highest BCUT2D eigenvalue weighted by Crippen LogP contribution is 2.46. The van der Waals surface area contributed by atoms with Gasteiger partial charge in [-0.05, 0) is 61.3 Å². The number of alkyl halides is 1. The molecule has 0 saturated heterocycles. The number of aromatic amines is 1. The van der Waals surface area contributed by atoms with Gasteiger partial charge in [-0.15, -0.1) is 0 Å². The Morgan fingerprint density at radius 1 is 1.23 bits per heavy atom. The van der Waals surface area contributed by atoms with E-state index >= 15 is 0 Å². The number of H-pyrrole nitrogens is 1. The van der Waals surface area contributed by atoms with Crippen LogP contribution in [0.2, 0.25) is 0 Å². The summed E-state index contributed by atoms with van der Waals surface area (Å²) in [6.45, 7) is -0.608. The Balaban J connectivity index is 1.58. The van der Waals surface area contributed by atoms with Crippen molar-refractivity contribution in [3.63, 3.8) is 0 Å². The van der Waals surface area contributed by atoms with Gasteiger partial charge < -0.3 is 15.0 Å². The molecule has 0 aliphatic heterocycles. The number of carbonyl (C=O) groups is 1. The number of benzene rings is 1. The average Bonchev–Trinajstić information content (AvgIpc) is 3.24. The van der Waals surface area contributed by atoms with Crippen LogP contribution in [0.25, 0.3) is 0 Å². The van der Waals surface area contributed by atoms with Crippen molar-refractivity contribution in [1.82, 2.24) is 4.98 Å². The van der Waals surface area contributed by atoms with Crippen molar-refractivity contribution in [1.29, 1.82) is 0 Å². The lowest BCUT2D eigenvalue weighted by molar-refractivity contribution is 0.100. The first-order chi connectivity index (χ1) is 12.6. The minimum Gasteiger partial charge on any atom is -0.489 e. The van der Waals surface area contributed by atoms with Crippen LogP contribution in [0, 0.1) is 11.8 Å². The lowest BCUT2D eigenvalue weighted by Crippen LogP contribution is -2.25. The molecule has 1 heterocycles. The fraction of sp³-hybridized carbons (Fsp3) is 0.400. The zero-order valence-corrected chi connectivity index (χ0v) is 14.3. The highest BCUT2D eigenvalue weighted by Gasteiger charge is 2.41. The third-order valence-electron chi connectivity index (χ3n) is 5.43. The van der Waals surface area contributed by atoms with Gasteiger partial charge >= 0.3 is 0 Å². The molecule has 4 rings (SSSR count). The molecule has 1 aromatic heterocycles. The topological polar surface area (TPSA) is 71.2 Å². The van der Waals surface area contributed by atoms with Gasteiger partial charge in [0.2, 0.25) is 5.56 Å². The van der Waals surface area contributed by atoms with Gasteiger partial charge in [0.05, 0.1) is 5.56 Å². The Morgan fingerprint density at radius 2 is 2.12 bits per heavy atom. The van der Waals surface area contributed by atoms with Gasteiger partial charge in [0.25, 0.3) is 5.91 Å². The molecule has 2 N–H and O–H groups in total. The van der Waals surface area contributed by atoms with Crippen LogP contribution in [0.5, 0.6) is 5.75 Å². The number of ether oxygens (including phenoxy) is 1. The third-order valence-corrected chi connectivity index (χ3v) is 5.43. The molecular weight excluding hydrogens is 335 g/mol. The summed E-state index contributed by atoms with van der Waals surface area (Å²) in [4.78, 5) is 26.6. The molecule has 1 aromatic carbocycles. The van der Waals surface area contributed by atoms with E-state index in [1.165, 1.54) is 25.1 Å². The van der Waals surface area contributed by atoms with E-state index in [9.17, 15) is 14.0 Å². The molecule has 2 saturated carbocycles. The number of aromatic nitrogens is 1. The lowest BCUT2D eigenvalue weighted by atomic mass is 9.97. The number of amides is 1. The number of nitrogens with one attached hydrogen (secondary N) is 2. The number of halogens is 1. The Morgan fingerprint density at radius 3 is 2.81 bits per heavy atom. The van der Waals surface area contributed by atoms with Gasteiger partial charge in [0, 0.05) is 18.0 Å². The molecule has 0 radical (unpaired) electrons. The molecule has 2 unspecified atom stereocenters. The number of carbonyl (C=O) groups excluding carboxylic acids is 1. The van der Waals surface area contributed by atoms with Crippen LogP contribution in [-0.2, 0) is 6.67 Å². The highest BCUT2D eigenvalue weighted by atomic mass is 19.1. The molecule has 2 aliphatic rings. The fourth-order valence-electron chi connectivity index (χ4n) is 4.15. The summed E-state index contributed by atoms with van der Waals surface area (Å²) < 4.78 is 19.3. The van der Waals surface area contributed by atoms with E-state index in [1.54, 1.807) is 24.3 Å². The van der Waals surface area contributed by atoms with Crippen LogP contribution in [-0.4, -0.2) is 17.0 Å². The minimum absolute atomic E-state index is 0.0923. The maximum absolute atomic E-state index is 13.1. The van der Waals surface area contributed by atoms with Crippen LogP contribution >= 0.6 is 0 Å². The van der Waals surface area contributed by atoms with Gasteiger partial charge in [0.15, 0.2) is 0 Å². The number of hydrogen-bond acceptors (Lipinski definition) is 3. The maximum Gasteiger partial charge on any atom is 0.259 e. The van der Waals surface area contributed by atoms with Crippen LogP contribution in [0.1, 0.15) is 41.6 Å². The molecule has 2 fully saturated rings. The smallest absolute Gasteiger partial charge is 0.259 e. The summed E-state index contributed by atoms with van der Waals surface area (Å²) >= 11 is 0. The second-order valence-corrected chi connectivity index (χ2v) is 7.19. The summed E-state index contributed by atoms with van der Waals surface area (Å²) in [6.07, 6.45) is 6.16. The zero-order chi connectivity index (χ0) is 18.1. The van der Waals surface area contributed by atoms with Crippen molar-refractivity contribution < 1.29 is 13.9 Å². The Hall–Kier alpha value is -2.63. The van der Waals surface area contributed by atoms with Crippen molar-refractivity contribution in [2.24, 2.45) is 11.8 Å². The second kappa shape index (κ2) is 6.94. The van der Waals surface area contributed by atoms with Crippen molar-refractivity contribution in [3.8, 4) is 5.75 Å². The van der Waals surface area contributed by atoms with Crippen molar-refractivity contribution in [2.45, 2.75) is 38.5 Å². The molecule has 2 aliphatic carbocycles. The molecule has 5 nitrogen and oxygen atoms in total. The fourth-order valence-corrected chi connectivity index (χ4v) is 4.15. The SMILES string of the molecule is O=C(Nc1cc[nH]c(=O)c1)c1ccc(CF)cc1OC1C[C@H]2CCC1C2. The van der Waals surface area contributed by atoms with Crippen LogP contribution in [0.15, 0.2) is 41.3 Å². The van der Waals surface area contributed by atoms with Gasteiger partial charge in [-0.3, -0.25) is 9.59 Å². The molecule has 26 heavy (non-hydrogen) atoms. The summed E-state index contributed by atoms with van der Waals surface area (Å²) in [6, 6.07) is 7.69. The van der Waals surface area contributed by atoms with E-state index in [1.807, 2.05) is 0 Å². The molecule has 6 heteroatoms. The van der Waals surface area contributed by atoms with Crippen molar-refractivity contribution in [2.75, 3.05) is 5.32 Å². The summed E-state index contributed by atoms with van der Waals surface area (Å²) in [5.41, 5.74) is 0.939. The number of rotatable bonds is 5. The standard InChI is InChI=1S/C20H21FN2O3/c21-11-13-2-4-16(20(25)23-15-5-6-22-19(24)10-15)18(9-13)26-17-8-12-1-3-14(17)7-12/h2,4-6,9-10,12,14,17H,1,3,7-8,11H2,(H2,22,23,24,25)/t12-,14?,17?/m0/s1. The predicted molar refractivity (Wildman–Crippen MR) is 96.1 cm³/mol. The van der Waals surface area contributed by atoms with Crippen molar-refractivity contribution >= 4 is 11.6 Å². The van der Waals surface area contributed by atoms with Gasteiger partial charge in [-0.1, -0.05) is 6.07 Å². The zero-order valence-electron chi connectivity index (χ0n) is 14.3. The van der Waals surface area contributed by atoms with Gasteiger partial charge in [-0.25, -0.2) is 4.39 Å². The lowest BCUT2D eigenvalue weighted by Gasteiger charge is -2.24. The van der Waals surface area contributed by atoms with Crippen LogP contribution in [0.3, 0.4) is 0 Å². The van der Waals surface area contributed by atoms with E-state index in [4.69, 9.17) is 4.74 Å². The molecular formula is C20H21FN2O3. The first-order valence-corrected chi connectivity index (χ1v) is 8.98. The molecule has 1 amide bonds. The maximum atomic E-state index is 13.1. The van der Waals surface area contributed by atoms with Gasteiger partial charge in [0.1, 0.15) is 18.5 Å². The highest BCUT2D eigenvalue weighted by molar-refractivity contribution is 6.06. The summed E-state index contributed by atoms with van der Waals surface area (Å²) in [5, 5.41) is 2.70. The first kappa shape index (κ1) is 16.8. The van der Waals surface area contributed by atoms with Crippen molar-refractivity contribution in [3.05, 3.63) is 58.0 Å². The summed E-state index contributed by atoms with van der Waals surface area (Å²) in [7, 11) is 0. The largest absolute Gasteiger partial charge is 0.489 e. The number of anilines is 1. The van der Waals surface area contributed by atoms with E-state index < -0.39 is 6.67 Å². The monoisotopic (exact) mass is 356 g/mol. The minimum atomic E-state index is -0.608. The molecule has 136 valence electrons. The van der Waals surface area contributed by atoms with Crippen LogP contribution < -0.4 is 15.6 Å². The molecule has 2 bridgehead atoms. The van der Waals surface area contributed by atoms with Gasteiger partial charge in [-0.2, -0.15) is 0 Å². The van der Waals surface area contributed by atoms with E-state index in [-0.39, 0.29) is 17.6 Å². The van der Waals surface area contributed by atoms with E-state index in [0.717, 1.165) is 12.8 Å². The molecule has 3 atom stereocenters. The predicted octanol–water partition coefficient (Wildman–Crippen LogP) is 3.66. The average molecular weight is 356 g/mol.